The first-order valence-corrected chi connectivity index (χ1v) is 5.17. The topological polar surface area (TPSA) is 61.6 Å². The van der Waals surface area contributed by atoms with Gasteiger partial charge in [0, 0.05) is 17.8 Å². The van der Waals surface area contributed by atoms with Crippen LogP contribution in [0.25, 0.3) is 0 Å². The molecule has 1 aromatic heterocycles. The number of nitriles is 1. The highest BCUT2D eigenvalue weighted by Gasteiger charge is 2.13. The summed E-state index contributed by atoms with van der Waals surface area (Å²) in [6, 6.07) is 4.28. The van der Waals surface area contributed by atoms with Gasteiger partial charge in [0.25, 0.3) is 0 Å². The lowest BCUT2D eigenvalue weighted by Crippen LogP contribution is -2.04. The van der Waals surface area contributed by atoms with Crippen molar-refractivity contribution in [1.82, 2.24) is 9.97 Å². The van der Waals surface area contributed by atoms with Gasteiger partial charge in [-0.2, -0.15) is 5.26 Å². The maximum Gasteiger partial charge on any atom is 0.228 e. The summed E-state index contributed by atoms with van der Waals surface area (Å²) in [5.41, 5.74) is -0.0641. The van der Waals surface area contributed by atoms with Gasteiger partial charge < -0.3 is 5.32 Å². The largest absolute Gasteiger partial charge is 0.319 e. The van der Waals surface area contributed by atoms with Crippen LogP contribution in [0.5, 0.6) is 0 Å². The zero-order valence-corrected chi connectivity index (χ0v) is 9.71. The summed E-state index contributed by atoms with van der Waals surface area (Å²) in [5, 5.41) is 11.0. The fourth-order valence-corrected chi connectivity index (χ4v) is 1.46. The third-order valence-corrected chi connectivity index (χ3v) is 2.21. The second-order valence-corrected chi connectivity index (χ2v) is 3.70. The van der Waals surface area contributed by atoms with E-state index in [1.807, 2.05) is 0 Å². The number of anilines is 2. The van der Waals surface area contributed by atoms with Crippen molar-refractivity contribution in [3.63, 3.8) is 0 Å². The van der Waals surface area contributed by atoms with Crippen molar-refractivity contribution in [1.29, 1.82) is 5.26 Å². The van der Waals surface area contributed by atoms with Crippen LogP contribution in [-0.2, 0) is 0 Å². The van der Waals surface area contributed by atoms with Crippen LogP contribution in [0.1, 0.15) is 11.4 Å². The number of hydrogen-bond acceptors (Lipinski definition) is 4. The molecule has 19 heavy (non-hydrogen) atoms. The number of nitrogens with one attached hydrogen (secondary N) is 1. The Morgan fingerprint density at radius 3 is 2.32 bits per heavy atom. The van der Waals surface area contributed by atoms with E-state index in [0.29, 0.717) is 17.8 Å². The first-order valence-electron chi connectivity index (χ1n) is 5.17. The quantitative estimate of drug-likeness (QED) is 0.906. The van der Waals surface area contributed by atoms with Crippen LogP contribution in [0.15, 0.2) is 18.2 Å². The smallest absolute Gasteiger partial charge is 0.228 e. The molecule has 0 aliphatic rings. The van der Waals surface area contributed by atoms with E-state index < -0.39 is 23.1 Å². The van der Waals surface area contributed by atoms with Crippen molar-refractivity contribution in [3.8, 4) is 6.07 Å². The van der Waals surface area contributed by atoms with E-state index in [9.17, 15) is 13.2 Å². The highest BCUT2D eigenvalue weighted by Crippen LogP contribution is 2.23. The number of rotatable bonds is 2. The first-order chi connectivity index (χ1) is 8.99. The zero-order chi connectivity index (χ0) is 14.0. The molecule has 0 radical (unpaired) electrons. The van der Waals surface area contributed by atoms with Crippen molar-refractivity contribution < 1.29 is 13.2 Å². The summed E-state index contributed by atoms with van der Waals surface area (Å²) in [6.07, 6.45) is 0. The monoisotopic (exact) mass is 264 g/mol. The Morgan fingerprint density at radius 2 is 1.74 bits per heavy atom. The van der Waals surface area contributed by atoms with Crippen LogP contribution in [0.2, 0.25) is 0 Å². The van der Waals surface area contributed by atoms with E-state index in [-0.39, 0.29) is 11.6 Å². The van der Waals surface area contributed by atoms with Crippen molar-refractivity contribution in [3.05, 3.63) is 47.0 Å². The van der Waals surface area contributed by atoms with Gasteiger partial charge in [-0.3, -0.25) is 0 Å². The molecule has 0 saturated heterocycles. The SMILES string of the molecule is Cc1cc(C#N)nc(Nc2c(F)cc(F)cc2F)n1. The molecule has 0 bridgehead atoms. The van der Waals surface area contributed by atoms with Gasteiger partial charge >= 0.3 is 0 Å². The van der Waals surface area contributed by atoms with Gasteiger partial charge in [-0.25, -0.2) is 23.1 Å². The summed E-state index contributed by atoms with van der Waals surface area (Å²) < 4.78 is 39.6. The van der Waals surface area contributed by atoms with Gasteiger partial charge in [0.2, 0.25) is 5.95 Å². The maximum atomic E-state index is 13.4. The lowest BCUT2D eigenvalue weighted by atomic mass is 10.3. The molecular weight excluding hydrogens is 257 g/mol. The predicted molar refractivity (Wildman–Crippen MR) is 61.1 cm³/mol. The van der Waals surface area contributed by atoms with Crippen LogP contribution in [0, 0.1) is 35.7 Å². The van der Waals surface area contributed by atoms with Crippen LogP contribution in [-0.4, -0.2) is 9.97 Å². The Kier molecular flexibility index (Phi) is 3.33. The standard InChI is InChI=1S/C12H7F3N4/c1-6-2-8(5-16)18-12(17-6)19-11-9(14)3-7(13)4-10(11)15/h2-4H,1H3,(H,17,18,19). The van der Waals surface area contributed by atoms with Gasteiger partial charge in [-0.15, -0.1) is 0 Å². The number of aromatic nitrogens is 2. The van der Waals surface area contributed by atoms with Crippen LogP contribution in [0.3, 0.4) is 0 Å². The molecule has 96 valence electrons. The first kappa shape index (κ1) is 12.8. The highest BCUT2D eigenvalue weighted by molar-refractivity contribution is 5.55. The average Bonchev–Trinajstić information content (AvgIpc) is 2.33. The number of halogens is 3. The van der Waals surface area contributed by atoms with Gasteiger partial charge in [0.1, 0.15) is 23.3 Å². The lowest BCUT2D eigenvalue weighted by molar-refractivity contribution is 0.548. The van der Waals surface area contributed by atoms with E-state index >= 15 is 0 Å². The minimum atomic E-state index is -1.11. The van der Waals surface area contributed by atoms with Gasteiger partial charge in [-0.05, 0) is 13.0 Å². The maximum absolute atomic E-state index is 13.4. The summed E-state index contributed by atoms with van der Waals surface area (Å²) in [6.45, 7) is 1.60. The second-order valence-electron chi connectivity index (χ2n) is 3.70. The Balaban J connectivity index is 2.42. The Labute approximate surface area is 106 Å². The van der Waals surface area contributed by atoms with Crippen molar-refractivity contribution in [2.75, 3.05) is 5.32 Å². The molecule has 0 aliphatic heterocycles. The van der Waals surface area contributed by atoms with Crippen LogP contribution >= 0.6 is 0 Å². The minimum Gasteiger partial charge on any atom is -0.319 e. The van der Waals surface area contributed by atoms with Crippen molar-refractivity contribution in [2.24, 2.45) is 0 Å². The molecule has 0 spiro atoms. The van der Waals surface area contributed by atoms with E-state index in [1.165, 1.54) is 6.07 Å². The molecule has 1 heterocycles. The van der Waals surface area contributed by atoms with Crippen molar-refractivity contribution >= 4 is 11.6 Å². The minimum absolute atomic E-state index is 0.0536. The number of nitrogens with zero attached hydrogens (tertiary/aromatic N) is 3. The fraction of sp³-hybridized carbons (Fsp3) is 0.0833. The molecule has 1 N–H and O–H groups in total. The number of aryl methyl sites for hydroxylation is 1. The molecule has 2 rings (SSSR count). The zero-order valence-electron chi connectivity index (χ0n) is 9.71. The molecule has 0 aliphatic carbocycles. The summed E-state index contributed by atoms with van der Waals surface area (Å²) in [4.78, 5) is 7.62. The molecule has 2 aromatic rings. The van der Waals surface area contributed by atoms with Gasteiger partial charge in [0.15, 0.2) is 11.6 Å². The third kappa shape index (κ3) is 2.80. The lowest BCUT2D eigenvalue weighted by Gasteiger charge is -2.08. The molecule has 0 unspecified atom stereocenters. The summed E-state index contributed by atoms with van der Waals surface area (Å²) >= 11 is 0. The average molecular weight is 264 g/mol. The molecule has 0 fully saturated rings. The third-order valence-electron chi connectivity index (χ3n) is 2.21. The molecule has 0 amide bonds. The predicted octanol–water partition coefficient (Wildman–Crippen LogP) is 2.82. The normalized spacial score (nSPS) is 10.1. The number of hydrogen-bond donors (Lipinski definition) is 1. The Hall–Kier alpha value is -2.62. The van der Waals surface area contributed by atoms with E-state index in [4.69, 9.17) is 5.26 Å². The highest BCUT2D eigenvalue weighted by atomic mass is 19.1. The summed E-state index contributed by atoms with van der Waals surface area (Å²) in [5.74, 6) is -3.38. The molecule has 0 atom stereocenters. The second kappa shape index (κ2) is 4.94. The molecule has 7 heteroatoms. The summed E-state index contributed by atoms with van der Waals surface area (Å²) in [7, 11) is 0. The molecule has 4 nitrogen and oxygen atoms in total. The van der Waals surface area contributed by atoms with E-state index in [1.54, 1.807) is 13.0 Å². The molecular formula is C12H7F3N4. The van der Waals surface area contributed by atoms with Crippen LogP contribution < -0.4 is 5.32 Å². The Morgan fingerprint density at radius 1 is 1.11 bits per heavy atom. The van der Waals surface area contributed by atoms with E-state index in [2.05, 4.69) is 15.3 Å². The van der Waals surface area contributed by atoms with E-state index in [0.717, 1.165) is 0 Å². The molecule has 0 saturated carbocycles. The van der Waals surface area contributed by atoms with Crippen LogP contribution in [0.4, 0.5) is 24.8 Å². The number of benzene rings is 1. The fourth-order valence-electron chi connectivity index (χ4n) is 1.46. The Bertz CT molecular complexity index is 656. The van der Waals surface area contributed by atoms with Crippen molar-refractivity contribution in [2.45, 2.75) is 6.92 Å². The molecule has 1 aromatic carbocycles. The van der Waals surface area contributed by atoms with Gasteiger partial charge in [-0.1, -0.05) is 0 Å². The van der Waals surface area contributed by atoms with Gasteiger partial charge in [0.05, 0.1) is 0 Å².